The van der Waals surface area contributed by atoms with Gasteiger partial charge in [-0.3, -0.25) is 4.79 Å². The maximum atomic E-state index is 12.3. The lowest BCUT2D eigenvalue weighted by molar-refractivity contribution is 0.102. The molecule has 0 atom stereocenters. The quantitative estimate of drug-likeness (QED) is 0.576. The minimum atomic E-state index is -0.317. The van der Waals surface area contributed by atoms with E-state index in [1.54, 1.807) is 43.5 Å². The van der Waals surface area contributed by atoms with E-state index in [-0.39, 0.29) is 11.6 Å². The van der Waals surface area contributed by atoms with Gasteiger partial charge in [0.25, 0.3) is 5.91 Å². The third-order valence-electron chi connectivity index (χ3n) is 4.21. The number of ether oxygens (including phenoxy) is 2. The zero-order chi connectivity index (χ0) is 20.5. The van der Waals surface area contributed by atoms with Crippen molar-refractivity contribution in [2.75, 3.05) is 30.9 Å². The van der Waals surface area contributed by atoms with Crippen LogP contribution in [0.3, 0.4) is 0 Å². The van der Waals surface area contributed by atoms with E-state index in [0.29, 0.717) is 24.7 Å². The molecule has 0 aliphatic heterocycles. The van der Waals surface area contributed by atoms with Crippen LogP contribution in [0.4, 0.5) is 11.5 Å². The number of benzene rings is 2. The van der Waals surface area contributed by atoms with Crippen LogP contribution < -0.4 is 20.1 Å². The maximum Gasteiger partial charge on any atom is 0.276 e. The highest BCUT2D eigenvalue weighted by Gasteiger charge is 2.09. The lowest BCUT2D eigenvalue weighted by atomic mass is 10.1. The molecule has 0 aliphatic carbocycles. The first-order valence-electron chi connectivity index (χ1n) is 9.43. The first kappa shape index (κ1) is 20.1. The van der Waals surface area contributed by atoms with Crippen molar-refractivity contribution < 1.29 is 14.3 Å². The van der Waals surface area contributed by atoms with Crippen molar-refractivity contribution >= 4 is 17.4 Å². The van der Waals surface area contributed by atoms with E-state index in [2.05, 4.69) is 20.8 Å². The summed E-state index contributed by atoms with van der Waals surface area (Å²) in [7, 11) is 1.66. The Morgan fingerprint density at radius 2 is 1.79 bits per heavy atom. The average Bonchev–Trinajstić information content (AvgIpc) is 2.76. The van der Waals surface area contributed by atoms with Crippen LogP contribution in [0.2, 0.25) is 0 Å². The van der Waals surface area contributed by atoms with Crippen LogP contribution in [-0.4, -0.2) is 36.4 Å². The second-order valence-electron chi connectivity index (χ2n) is 6.20. The van der Waals surface area contributed by atoms with Gasteiger partial charge < -0.3 is 20.1 Å². The first-order valence-corrected chi connectivity index (χ1v) is 9.43. The number of carbonyl (C=O) groups excluding carboxylic acids is 1. The predicted molar refractivity (Wildman–Crippen MR) is 113 cm³/mol. The zero-order valence-electron chi connectivity index (χ0n) is 16.5. The van der Waals surface area contributed by atoms with Crippen LogP contribution >= 0.6 is 0 Å². The van der Waals surface area contributed by atoms with Crippen molar-refractivity contribution in [2.24, 2.45) is 0 Å². The molecule has 3 aromatic rings. The summed E-state index contributed by atoms with van der Waals surface area (Å²) in [5.41, 5.74) is 2.02. The number of anilines is 2. The molecule has 1 heterocycles. The largest absolute Gasteiger partial charge is 0.496 e. The number of amides is 1. The number of aromatic nitrogens is 2. The molecule has 2 N–H and O–H groups in total. The summed E-state index contributed by atoms with van der Waals surface area (Å²) < 4.78 is 10.7. The van der Waals surface area contributed by atoms with Gasteiger partial charge in [0.15, 0.2) is 5.69 Å². The number of hydrogen-bond acceptors (Lipinski definition) is 6. The summed E-state index contributed by atoms with van der Waals surface area (Å²) in [6, 6.07) is 18.4. The fourth-order valence-corrected chi connectivity index (χ4v) is 2.78. The molecule has 0 bridgehead atoms. The minimum Gasteiger partial charge on any atom is -0.496 e. The number of methoxy groups -OCH3 is 1. The highest BCUT2D eigenvalue weighted by molar-refractivity contribution is 6.02. The van der Waals surface area contributed by atoms with Gasteiger partial charge in [-0.1, -0.05) is 18.2 Å². The molecule has 0 unspecified atom stereocenters. The summed E-state index contributed by atoms with van der Waals surface area (Å²) in [4.78, 5) is 12.3. The van der Waals surface area contributed by atoms with Gasteiger partial charge in [0, 0.05) is 12.2 Å². The van der Waals surface area contributed by atoms with Gasteiger partial charge in [-0.15, -0.1) is 10.2 Å². The van der Waals surface area contributed by atoms with E-state index in [0.717, 1.165) is 23.5 Å². The van der Waals surface area contributed by atoms with Crippen LogP contribution in [0, 0.1) is 0 Å². The number of carbonyl (C=O) groups is 1. The number of rotatable bonds is 9. The molecular formula is C22H24N4O3. The van der Waals surface area contributed by atoms with E-state index in [1.807, 2.05) is 31.2 Å². The molecule has 0 radical (unpaired) electrons. The molecule has 0 fully saturated rings. The van der Waals surface area contributed by atoms with Gasteiger partial charge in [-0.25, -0.2) is 0 Å². The third-order valence-corrected chi connectivity index (χ3v) is 4.21. The number of nitrogens with one attached hydrogen (secondary N) is 2. The lowest BCUT2D eigenvalue weighted by Crippen LogP contribution is -2.15. The number of hydrogen-bond donors (Lipinski definition) is 2. The molecule has 0 saturated heterocycles. The highest BCUT2D eigenvalue weighted by Crippen LogP contribution is 2.18. The average molecular weight is 392 g/mol. The Hall–Kier alpha value is -3.61. The predicted octanol–water partition coefficient (Wildman–Crippen LogP) is 3.79. The Bertz CT molecular complexity index is 928. The van der Waals surface area contributed by atoms with Crippen molar-refractivity contribution in [3.8, 4) is 11.5 Å². The second kappa shape index (κ2) is 10.1. The maximum absolute atomic E-state index is 12.3. The van der Waals surface area contributed by atoms with Gasteiger partial charge in [0.05, 0.1) is 13.7 Å². The molecule has 2 aromatic carbocycles. The van der Waals surface area contributed by atoms with E-state index in [4.69, 9.17) is 9.47 Å². The molecule has 0 spiro atoms. The van der Waals surface area contributed by atoms with Crippen molar-refractivity contribution in [3.05, 3.63) is 71.9 Å². The Kier molecular flexibility index (Phi) is 7.00. The van der Waals surface area contributed by atoms with Gasteiger partial charge in [-0.05, 0) is 61.4 Å². The van der Waals surface area contributed by atoms with E-state index in [1.165, 1.54) is 0 Å². The fourth-order valence-electron chi connectivity index (χ4n) is 2.78. The third kappa shape index (κ3) is 5.68. The van der Waals surface area contributed by atoms with Gasteiger partial charge >= 0.3 is 0 Å². The summed E-state index contributed by atoms with van der Waals surface area (Å²) >= 11 is 0. The number of nitrogens with zero attached hydrogens (tertiary/aromatic N) is 2. The van der Waals surface area contributed by atoms with Crippen LogP contribution in [0.25, 0.3) is 0 Å². The molecule has 7 heteroatoms. The zero-order valence-corrected chi connectivity index (χ0v) is 16.5. The molecule has 0 aliphatic rings. The Morgan fingerprint density at radius 3 is 2.48 bits per heavy atom. The molecular weight excluding hydrogens is 368 g/mol. The fraction of sp³-hybridized carbons (Fsp3) is 0.227. The first-order chi connectivity index (χ1) is 14.2. The van der Waals surface area contributed by atoms with Crippen molar-refractivity contribution in [2.45, 2.75) is 13.3 Å². The van der Waals surface area contributed by atoms with Crippen LogP contribution in [0.5, 0.6) is 11.5 Å². The minimum absolute atomic E-state index is 0.245. The Balaban J connectivity index is 1.52. The molecule has 0 saturated carbocycles. The molecule has 1 aromatic heterocycles. The van der Waals surface area contributed by atoms with Crippen molar-refractivity contribution in [1.29, 1.82) is 0 Å². The van der Waals surface area contributed by atoms with Crippen LogP contribution in [0.15, 0.2) is 60.7 Å². The monoisotopic (exact) mass is 392 g/mol. The second-order valence-corrected chi connectivity index (χ2v) is 6.20. The van der Waals surface area contributed by atoms with Gasteiger partial charge in [0.1, 0.15) is 17.3 Å². The van der Waals surface area contributed by atoms with Gasteiger partial charge in [-0.2, -0.15) is 0 Å². The lowest BCUT2D eigenvalue weighted by Gasteiger charge is -2.09. The molecule has 1 amide bonds. The summed E-state index contributed by atoms with van der Waals surface area (Å²) in [6.07, 6.45) is 0.783. The summed E-state index contributed by atoms with van der Waals surface area (Å²) in [5, 5.41) is 14.1. The van der Waals surface area contributed by atoms with E-state index >= 15 is 0 Å². The summed E-state index contributed by atoms with van der Waals surface area (Å²) in [5.74, 6) is 1.91. The molecule has 150 valence electrons. The van der Waals surface area contributed by atoms with Crippen molar-refractivity contribution in [3.63, 3.8) is 0 Å². The topological polar surface area (TPSA) is 85.4 Å². The van der Waals surface area contributed by atoms with Crippen LogP contribution in [-0.2, 0) is 6.42 Å². The van der Waals surface area contributed by atoms with E-state index < -0.39 is 0 Å². The number of para-hydroxylation sites is 1. The summed E-state index contributed by atoms with van der Waals surface area (Å²) in [6.45, 7) is 3.19. The molecule has 7 nitrogen and oxygen atoms in total. The Labute approximate surface area is 170 Å². The molecule has 3 rings (SSSR count). The van der Waals surface area contributed by atoms with E-state index in [9.17, 15) is 4.79 Å². The highest BCUT2D eigenvalue weighted by atomic mass is 16.5. The Morgan fingerprint density at radius 1 is 1.00 bits per heavy atom. The van der Waals surface area contributed by atoms with Gasteiger partial charge in [0.2, 0.25) is 0 Å². The molecule has 29 heavy (non-hydrogen) atoms. The smallest absolute Gasteiger partial charge is 0.276 e. The normalized spacial score (nSPS) is 10.3. The van der Waals surface area contributed by atoms with Crippen molar-refractivity contribution in [1.82, 2.24) is 10.2 Å². The standard InChI is InChI=1S/C22H24N4O3/c1-3-29-18-10-8-17(9-11-18)24-22(27)19-12-13-21(26-25-19)23-15-14-16-6-4-5-7-20(16)28-2/h4-13H,3,14-15H2,1-2H3,(H,23,26)(H,24,27). The SMILES string of the molecule is CCOc1ccc(NC(=O)c2ccc(NCCc3ccccc3OC)nn2)cc1. The van der Waals surface area contributed by atoms with Crippen LogP contribution in [0.1, 0.15) is 23.0 Å².